The second-order valence-corrected chi connectivity index (χ2v) is 24.7. The molecule has 0 fully saturated rings. The smallest absolute Gasteiger partial charge is 0.301 e. The number of rotatable bonds is 23. The monoisotopic (exact) mass is 975 g/mol. The van der Waals surface area contributed by atoms with Gasteiger partial charge in [-0.25, -0.2) is 0 Å². The molecule has 0 aliphatic heterocycles. The summed E-state index contributed by atoms with van der Waals surface area (Å²) in [5.74, 6) is 0.932. The van der Waals surface area contributed by atoms with Gasteiger partial charge in [0, 0.05) is 34.9 Å². The average molecular weight is 975 g/mol. The Balaban J connectivity index is 0.000000500. The first kappa shape index (κ1) is 60.8. The Morgan fingerprint density at radius 3 is 1.51 bits per heavy atom. The van der Waals surface area contributed by atoms with Gasteiger partial charge in [-0.2, -0.15) is 0 Å². The molecule has 3 unspecified atom stereocenters. The molecule has 0 radical (unpaired) electrons. The van der Waals surface area contributed by atoms with Crippen LogP contribution in [0.1, 0.15) is 170 Å². The Labute approximate surface area is 414 Å². The lowest BCUT2D eigenvalue weighted by molar-refractivity contribution is -0.0732. The van der Waals surface area contributed by atoms with Crippen molar-refractivity contribution in [2.75, 3.05) is 19.8 Å². The van der Waals surface area contributed by atoms with Gasteiger partial charge in [-0.05, 0) is 176 Å². The topological polar surface area (TPSA) is 108 Å². The number of benzene rings is 4. The van der Waals surface area contributed by atoms with Crippen molar-refractivity contribution >= 4 is 37.2 Å². The summed E-state index contributed by atoms with van der Waals surface area (Å²) < 4.78 is 39.8. The summed E-state index contributed by atoms with van der Waals surface area (Å²) >= 11 is 0. The van der Waals surface area contributed by atoms with Crippen LogP contribution in [-0.2, 0) is 23.1 Å². The van der Waals surface area contributed by atoms with E-state index in [0.29, 0.717) is 48.8 Å². The first-order valence-corrected chi connectivity index (χ1v) is 27.5. The zero-order valence-corrected chi connectivity index (χ0v) is 47.2. The Bertz CT molecular complexity index is 2200. The van der Waals surface area contributed by atoms with Gasteiger partial charge >= 0.3 is 7.37 Å². The molecule has 0 saturated heterocycles. The van der Waals surface area contributed by atoms with Crippen LogP contribution in [0.5, 0.6) is 0 Å². The standard InChI is InChI=1S/C35H55O5P.C21H27O3P.C2H6/c1-13-38-34(9,10)23-29(25(2)3)24-35(11,12)39-20-19-33(7,8)40-41(37,30-17-15-14-16-18-30)32(36)31-27(5)21-26(4)22-28(31)6;1-15-13-16(2)19(17(3)14-15)20(23)25(18-9-7-6-8-10-18)24-21(4,5)11-12-22;1-2/h14-18,21-22,25,29H,13,19-20,23-24H2,1-12H3;6-10,13-14,22H,11-12H2,1-5H3;1-2H3. The van der Waals surface area contributed by atoms with E-state index in [1.807, 2.05) is 151 Å². The average Bonchev–Trinajstić information content (AvgIpc) is 3.22. The van der Waals surface area contributed by atoms with Crippen LogP contribution in [0.3, 0.4) is 0 Å². The van der Waals surface area contributed by atoms with E-state index in [1.54, 1.807) is 24.3 Å². The number of hydrogen-bond donors (Lipinski definition) is 1. The van der Waals surface area contributed by atoms with E-state index in [4.69, 9.17) is 18.5 Å². The second-order valence-electron chi connectivity index (χ2n) is 20.8. The third-order valence-corrected chi connectivity index (χ3v) is 16.5. The van der Waals surface area contributed by atoms with Crippen LogP contribution < -0.4 is 10.6 Å². The van der Waals surface area contributed by atoms with Crippen LogP contribution in [0, 0.1) is 53.4 Å². The molecular formula is C58H88O8P2. The van der Waals surface area contributed by atoms with Crippen LogP contribution in [0.25, 0.3) is 0 Å². The zero-order chi connectivity index (χ0) is 51.8. The molecule has 378 valence electrons. The Morgan fingerprint density at radius 1 is 0.632 bits per heavy atom. The fraction of sp³-hybridized carbons (Fsp3) is 0.552. The molecule has 10 heteroatoms. The molecule has 68 heavy (non-hydrogen) atoms. The number of hydrogen-bond acceptors (Lipinski definition) is 8. The Morgan fingerprint density at radius 2 is 1.07 bits per heavy atom. The molecule has 3 atom stereocenters. The molecule has 0 aliphatic carbocycles. The van der Waals surface area contributed by atoms with Gasteiger partial charge in [0.05, 0.1) is 29.0 Å². The van der Waals surface area contributed by atoms with Crippen molar-refractivity contribution in [2.24, 2.45) is 11.8 Å². The van der Waals surface area contributed by atoms with Crippen LogP contribution in [0.2, 0.25) is 0 Å². The molecule has 4 aromatic carbocycles. The zero-order valence-electron chi connectivity index (χ0n) is 45.4. The van der Waals surface area contributed by atoms with E-state index in [2.05, 4.69) is 41.5 Å². The van der Waals surface area contributed by atoms with Crippen molar-refractivity contribution < 1.29 is 37.8 Å². The van der Waals surface area contributed by atoms with E-state index in [-0.39, 0.29) is 23.3 Å². The van der Waals surface area contributed by atoms with Crippen molar-refractivity contribution in [1.82, 2.24) is 0 Å². The van der Waals surface area contributed by atoms with Gasteiger partial charge in [0.2, 0.25) is 5.52 Å². The first-order chi connectivity index (χ1) is 31.6. The highest BCUT2D eigenvalue weighted by molar-refractivity contribution is 7.83. The quantitative estimate of drug-likeness (QED) is 0.0732. The molecule has 0 amide bonds. The normalized spacial score (nSPS) is 14.0. The maximum atomic E-state index is 14.7. The highest BCUT2D eigenvalue weighted by Gasteiger charge is 2.43. The van der Waals surface area contributed by atoms with Crippen molar-refractivity contribution in [1.29, 1.82) is 0 Å². The van der Waals surface area contributed by atoms with Gasteiger partial charge in [0.1, 0.15) is 8.15 Å². The van der Waals surface area contributed by atoms with E-state index in [0.717, 1.165) is 57.1 Å². The van der Waals surface area contributed by atoms with Gasteiger partial charge in [-0.15, -0.1) is 0 Å². The van der Waals surface area contributed by atoms with E-state index < -0.39 is 32.2 Å². The third-order valence-electron chi connectivity index (χ3n) is 11.9. The number of aryl methyl sites for hydroxylation is 6. The fourth-order valence-corrected chi connectivity index (χ4v) is 13.2. The van der Waals surface area contributed by atoms with Gasteiger partial charge in [0.25, 0.3) is 5.52 Å². The largest absolute Gasteiger partial charge is 0.396 e. The van der Waals surface area contributed by atoms with Crippen molar-refractivity contribution in [2.45, 2.75) is 180 Å². The molecule has 8 nitrogen and oxygen atoms in total. The maximum Gasteiger partial charge on any atom is 0.301 e. The number of ether oxygens (including phenoxy) is 2. The van der Waals surface area contributed by atoms with E-state index >= 15 is 0 Å². The lowest BCUT2D eigenvalue weighted by Gasteiger charge is -2.37. The SMILES string of the molecule is CC.CCOC(C)(C)CC(CC(C)(C)OCCC(C)(C)OP(=O)(C(=O)c1c(C)cc(C)cc1C)c1ccccc1)C(C)C.Cc1cc(C)c(C(=O)P(OC(C)(C)CCO)c2ccccc2)c(C)c1. The summed E-state index contributed by atoms with van der Waals surface area (Å²) in [7, 11) is -5.42. The first-order valence-electron chi connectivity index (χ1n) is 24.6. The van der Waals surface area contributed by atoms with Crippen molar-refractivity contribution in [3.63, 3.8) is 0 Å². The molecule has 4 rings (SSSR count). The van der Waals surface area contributed by atoms with E-state index in [9.17, 15) is 19.3 Å². The predicted molar refractivity (Wildman–Crippen MR) is 288 cm³/mol. The van der Waals surface area contributed by atoms with Crippen molar-refractivity contribution in [3.8, 4) is 0 Å². The fourth-order valence-electron chi connectivity index (χ4n) is 8.74. The van der Waals surface area contributed by atoms with Crippen LogP contribution in [-0.4, -0.2) is 58.4 Å². The van der Waals surface area contributed by atoms with Gasteiger partial charge in [-0.3, -0.25) is 14.2 Å². The maximum absolute atomic E-state index is 14.7. The number of carbonyl (C=O) groups excluding carboxylic acids is 2. The summed E-state index contributed by atoms with van der Waals surface area (Å²) in [6.07, 6.45) is 2.83. The lowest BCUT2D eigenvalue weighted by Crippen LogP contribution is -2.36. The van der Waals surface area contributed by atoms with Gasteiger partial charge < -0.3 is 23.6 Å². The van der Waals surface area contributed by atoms with Gasteiger partial charge in [0.15, 0.2) is 0 Å². The summed E-state index contributed by atoms with van der Waals surface area (Å²) in [6, 6.07) is 26.5. The Hall–Kier alpha value is -3.32. The van der Waals surface area contributed by atoms with Crippen LogP contribution >= 0.6 is 15.5 Å². The minimum absolute atomic E-state index is 0.0295. The lowest BCUT2D eigenvalue weighted by atomic mass is 9.79. The molecule has 0 spiro atoms. The predicted octanol–water partition coefficient (Wildman–Crippen LogP) is 14.9. The van der Waals surface area contributed by atoms with Gasteiger partial charge in [-0.1, -0.05) is 112 Å². The Kier molecular flexibility index (Phi) is 23.9. The number of aliphatic hydroxyl groups excluding tert-OH is 1. The minimum atomic E-state index is -3.93. The van der Waals surface area contributed by atoms with Crippen LogP contribution in [0.4, 0.5) is 0 Å². The molecule has 0 heterocycles. The minimum Gasteiger partial charge on any atom is -0.396 e. The summed E-state index contributed by atoms with van der Waals surface area (Å²) in [4.78, 5) is 27.5. The molecule has 4 aromatic rings. The molecule has 0 aliphatic rings. The third kappa shape index (κ3) is 18.5. The highest BCUT2D eigenvalue weighted by atomic mass is 31.2. The summed E-state index contributed by atoms with van der Waals surface area (Å²) in [6.45, 7) is 39.7. The van der Waals surface area contributed by atoms with E-state index in [1.165, 1.54) is 0 Å². The van der Waals surface area contributed by atoms with Crippen molar-refractivity contribution in [3.05, 3.63) is 129 Å². The number of carbonyl (C=O) groups is 2. The summed E-state index contributed by atoms with van der Waals surface area (Å²) in [5.41, 5.74) is 4.62. The molecule has 1 N–H and O–H groups in total. The molecule has 0 bridgehead atoms. The molecule has 0 aromatic heterocycles. The number of aliphatic hydroxyl groups is 1. The second kappa shape index (κ2) is 26.8. The van der Waals surface area contributed by atoms with Crippen LogP contribution in [0.15, 0.2) is 84.9 Å². The summed E-state index contributed by atoms with van der Waals surface area (Å²) in [5, 5.41) is 10.6. The molecular weight excluding hydrogens is 887 g/mol. The molecule has 0 saturated carbocycles. The highest BCUT2D eigenvalue weighted by Crippen LogP contribution is 2.54.